The van der Waals surface area contributed by atoms with Crippen LogP contribution >= 0.6 is 0 Å². The van der Waals surface area contributed by atoms with Gasteiger partial charge < -0.3 is 9.57 Å². The minimum atomic E-state index is -0.925. The average Bonchev–Trinajstić information content (AvgIpc) is 3.03. The van der Waals surface area contributed by atoms with Gasteiger partial charge in [0.2, 0.25) is 0 Å². The number of benzene rings is 2. The molecule has 1 saturated heterocycles. The topological polar surface area (TPSA) is 93.2 Å². The molecule has 4 rings (SSSR count). The standard InChI is InChI=1S/C22H20N2O6/c25-19-16-10-4-5-11-17(16)20(26)24(19)30-21(27)18-12-6-7-13-23(18)22(28)29-14-15-8-2-1-3-9-15/h1-5,8-11,18H,6-7,12-14H2. The molecule has 0 saturated carbocycles. The molecule has 0 aliphatic carbocycles. The summed E-state index contributed by atoms with van der Waals surface area (Å²) < 4.78 is 5.34. The fraction of sp³-hybridized carbons (Fsp3) is 0.273. The second-order valence-electron chi connectivity index (χ2n) is 7.11. The largest absolute Gasteiger partial charge is 0.445 e. The Balaban J connectivity index is 1.42. The highest BCUT2D eigenvalue weighted by Gasteiger charge is 2.42. The molecule has 2 aliphatic rings. The van der Waals surface area contributed by atoms with Gasteiger partial charge in [-0.15, -0.1) is 0 Å². The van der Waals surface area contributed by atoms with Crippen LogP contribution in [0.25, 0.3) is 0 Å². The van der Waals surface area contributed by atoms with Gasteiger partial charge in [0.15, 0.2) is 0 Å². The van der Waals surface area contributed by atoms with Crippen LogP contribution in [-0.4, -0.2) is 46.4 Å². The first-order valence-electron chi connectivity index (χ1n) is 9.73. The van der Waals surface area contributed by atoms with Gasteiger partial charge in [0.25, 0.3) is 11.8 Å². The number of carbonyl (C=O) groups is 4. The van der Waals surface area contributed by atoms with Crippen LogP contribution in [-0.2, 0) is 21.0 Å². The molecular weight excluding hydrogens is 388 g/mol. The van der Waals surface area contributed by atoms with Crippen LogP contribution in [0.3, 0.4) is 0 Å². The van der Waals surface area contributed by atoms with Gasteiger partial charge >= 0.3 is 12.1 Å². The molecule has 2 heterocycles. The van der Waals surface area contributed by atoms with Gasteiger partial charge in [0, 0.05) is 6.54 Å². The number of amides is 3. The lowest BCUT2D eigenvalue weighted by molar-refractivity contribution is -0.175. The highest BCUT2D eigenvalue weighted by atomic mass is 16.7. The second kappa shape index (κ2) is 8.36. The van der Waals surface area contributed by atoms with Gasteiger partial charge in [-0.2, -0.15) is 0 Å². The van der Waals surface area contributed by atoms with Crippen molar-refractivity contribution >= 4 is 23.9 Å². The first-order chi connectivity index (χ1) is 14.6. The molecule has 3 amide bonds. The van der Waals surface area contributed by atoms with Gasteiger partial charge in [-0.25, -0.2) is 9.59 Å². The average molecular weight is 408 g/mol. The zero-order chi connectivity index (χ0) is 21.1. The SMILES string of the molecule is O=C(ON1C(=O)c2ccccc2C1=O)C1CCCCN1C(=O)OCc1ccccc1. The molecule has 1 unspecified atom stereocenters. The van der Waals surface area contributed by atoms with Crippen molar-refractivity contribution in [3.05, 3.63) is 71.3 Å². The molecule has 0 N–H and O–H groups in total. The van der Waals surface area contributed by atoms with Crippen molar-refractivity contribution in [3.63, 3.8) is 0 Å². The monoisotopic (exact) mass is 408 g/mol. The number of imide groups is 1. The first kappa shape index (κ1) is 19.6. The fourth-order valence-corrected chi connectivity index (χ4v) is 3.60. The van der Waals surface area contributed by atoms with Crippen LogP contribution in [0.15, 0.2) is 54.6 Å². The maximum Gasteiger partial charge on any atom is 0.410 e. The van der Waals surface area contributed by atoms with Crippen LogP contribution in [0.4, 0.5) is 4.79 Å². The Hall–Kier alpha value is -3.68. The third-order valence-corrected chi connectivity index (χ3v) is 5.15. The summed E-state index contributed by atoms with van der Waals surface area (Å²) in [6.07, 6.45) is 1.16. The molecule has 2 aromatic carbocycles. The van der Waals surface area contributed by atoms with E-state index in [2.05, 4.69) is 0 Å². The summed E-state index contributed by atoms with van der Waals surface area (Å²) in [7, 11) is 0. The molecule has 0 spiro atoms. The fourth-order valence-electron chi connectivity index (χ4n) is 3.60. The predicted octanol–water partition coefficient (Wildman–Crippen LogP) is 2.93. The molecule has 154 valence electrons. The molecule has 0 bridgehead atoms. The Labute approximate surface area is 172 Å². The zero-order valence-corrected chi connectivity index (χ0v) is 16.2. The van der Waals surface area contributed by atoms with E-state index in [-0.39, 0.29) is 17.7 Å². The molecule has 8 heteroatoms. The van der Waals surface area contributed by atoms with Crippen molar-refractivity contribution in [2.45, 2.75) is 31.9 Å². The Morgan fingerprint density at radius 2 is 1.53 bits per heavy atom. The normalized spacial score (nSPS) is 18.2. The maximum atomic E-state index is 12.8. The number of hydroxylamine groups is 2. The van der Waals surface area contributed by atoms with Crippen molar-refractivity contribution in [1.29, 1.82) is 0 Å². The van der Waals surface area contributed by atoms with Gasteiger partial charge in [0.1, 0.15) is 12.6 Å². The number of hydrogen-bond donors (Lipinski definition) is 0. The second-order valence-corrected chi connectivity index (χ2v) is 7.11. The van der Waals surface area contributed by atoms with Crippen LogP contribution < -0.4 is 0 Å². The molecule has 8 nitrogen and oxygen atoms in total. The first-order valence-corrected chi connectivity index (χ1v) is 9.73. The highest BCUT2D eigenvalue weighted by Crippen LogP contribution is 2.25. The Morgan fingerprint density at radius 1 is 0.900 bits per heavy atom. The van der Waals surface area contributed by atoms with Crippen LogP contribution in [0, 0.1) is 0 Å². The molecule has 0 aromatic heterocycles. The number of nitrogens with zero attached hydrogens (tertiary/aromatic N) is 2. The Morgan fingerprint density at radius 3 is 2.20 bits per heavy atom. The summed E-state index contributed by atoms with van der Waals surface area (Å²) in [6, 6.07) is 14.5. The third kappa shape index (κ3) is 3.76. The molecular formula is C22H20N2O6. The number of likely N-dealkylation sites (tertiary alicyclic amines) is 1. The van der Waals surface area contributed by atoms with Crippen molar-refractivity contribution in [2.75, 3.05) is 6.54 Å². The number of carbonyl (C=O) groups excluding carboxylic acids is 4. The Bertz CT molecular complexity index is 955. The highest BCUT2D eigenvalue weighted by molar-refractivity contribution is 6.20. The molecule has 1 fully saturated rings. The van der Waals surface area contributed by atoms with Gasteiger partial charge in [0.05, 0.1) is 11.1 Å². The Kier molecular flexibility index (Phi) is 5.47. The quantitative estimate of drug-likeness (QED) is 0.722. The number of fused-ring (bicyclic) bond motifs is 1. The minimum absolute atomic E-state index is 0.0797. The summed E-state index contributed by atoms with van der Waals surface area (Å²) in [6.45, 7) is 0.409. The number of ether oxygens (including phenoxy) is 1. The summed E-state index contributed by atoms with van der Waals surface area (Å²) in [5.41, 5.74) is 1.18. The van der Waals surface area contributed by atoms with E-state index in [9.17, 15) is 19.2 Å². The van der Waals surface area contributed by atoms with E-state index in [1.165, 1.54) is 17.0 Å². The van der Waals surface area contributed by atoms with E-state index in [1.54, 1.807) is 12.1 Å². The number of rotatable bonds is 4. The predicted molar refractivity (Wildman–Crippen MR) is 104 cm³/mol. The summed E-state index contributed by atoms with van der Waals surface area (Å²) in [5.74, 6) is -2.23. The van der Waals surface area contributed by atoms with Gasteiger partial charge in [-0.05, 0) is 37.0 Å². The molecule has 30 heavy (non-hydrogen) atoms. The zero-order valence-electron chi connectivity index (χ0n) is 16.2. The van der Waals surface area contributed by atoms with Crippen LogP contribution in [0.5, 0.6) is 0 Å². The molecule has 0 radical (unpaired) electrons. The van der Waals surface area contributed by atoms with E-state index in [1.807, 2.05) is 30.3 Å². The number of hydrogen-bond acceptors (Lipinski definition) is 6. The molecule has 2 aliphatic heterocycles. The summed E-state index contributed by atoms with van der Waals surface area (Å²) in [5, 5.41) is 0.467. The van der Waals surface area contributed by atoms with E-state index in [4.69, 9.17) is 9.57 Å². The van der Waals surface area contributed by atoms with Crippen LogP contribution in [0.1, 0.15) is 45.5 Å². The number of piperidine rings is 1. The van der Waals surface area contributed by atoms with E-state index in [0.29, 0.717) is 24.4 Å². The van der Waals surface area contributed by atoms with Crippen molar-refractivity contribution in [1.82, 2.24) is 9.96 Å². The maximum absolute atomic E-state index is 12.8. The van der Waals surface area contributed by atoms with Crippen molar-refractivity contribution in [3.8, 4) is 0 Å². The lowest BCUT2D eigenvalue weighted by Crippen LogP contribution is -2.50. The van der Waals surface area contributed by atoms with E-state index in [0.717, 1.165) is 12.0 Å². The van der Waals surface area contributed by atoms with E-state index < -0.39 is 29.9 Å². The van der Waals surface area contributed by atoms with Gasteiger partial charge in [-0.1, -0.05) is 47.5 Å². The third-order valence-electron chi connectivity index (χ3n) is 5.15. The smallest absolute Gasteiger partial charge is 0.410 e. The summed E-state index contributed by atoms with van der Waals surface area (Å²) in [4.78, 5) is 56.6. The lowest BCUT2D eigenvalue weighted by Gasteiger charge is -2.33. The lowest BCUT2D eigenvalue weighted by atomic mass is 10.0. The van der Waals surface area contributed by atoms with Gasteiger partial charge in [-0.3, -0.25) is 14.5 Å². The van der Waals surface area contributed by atoms with Crippen molar-refractivity contribution < 1.29 is 28.8 Å². The van der Waals surface area contributed by atoms with Crippen LogP contribution in [0.2, 0.25) is 0 Å². The van der Waals surface area contributed by atoms with Crippen molar-refractivity contribution in [2.24, 2.45) is 0 Å². The molecule has 2 aromatic rings. The molecule has 1 atom stereocenters. The minimum Gasteiger partial charge on any atom is -0.445 e. The van der Waals surface area contributed by atoms with E-state index >= 15 is 0 Å². The summed E-state index contributed by atoms with van der Waals surface area (Å²) >= 11 is 0.